The Balaban J connectivity index is 2.09. The molecule has 0 spiro atoms. The van der Waals surface area contributed by atoms with Crippen molar-refractivity contribution in [3.05, 3.63) is 24.5 Å². The highest BCUT2D eigenvalue weighted by molar-refractivity contribution is 6.64. The Hall–Kier alpha value is -1.53. The lowest BCUT2D eigenvalue weighted by atomic mass is 9.78. The first kappa shape index (κ1) is 13.5. The van der Waals surface area contributed by atoms with Gasteiger partial charge < -0.3 is 14.0 Å². The molecule has 3 rings (SSSR count). The number of hydrogen-bond acceptors (Lipinski definition) is 4. The minimum atomic E-state index is -0.422. The first-order chi connectivity index (χ1) is 9.34. The zero-order chi connectivity index (χ0) is 14.5. The van der Waals surface area contributed by atoms with E-state index < -0.39 is 7.12 Å². The van der Waals surface area contributed by atoms with Crippen LogP contribution in [0.15, 0.2) is 24.5 Å². The summed E-state index contributed by atoms with van der Waals surface area (Å²) in [5, 5.41) is 4.26. The molecule has 3 heterocycles. The standard InChI is InChI=1S/C14H19BN2O3/c1-13(2)14(3,4)20-15(19-13)11-8-10(18-5)9-17-12(11)6-7-16-17/h6-9H,1-5H3. The highest BCUT2D eigenvalue weighted by atomic mass is 16.7. The van der Waals surface area contributed by atoms with Gasteiger partial charge in [0, 0.05) is 11.7 Å². The van der Waals surface area contributed by atoms with Gasteiger partial charge in [0.05, 0.1) is 30.0 Å². The third-order valence-corrected chi connectivity index (χ3v) is 4.26. The largest absolute Gasteiger partial charge is 0.497 e. The topological polar surface area (TPSA) is 45.0 Å². The van der Waals surface area contributed by atoms with Gasteiger partial charge in [-0.15, -0.1) is 0 Å². The summed E-state index contributed by atoms with van der Waals surface area (Å²) in [7, 11) is 1.22. The number of rotatable bonds is 2. The Labute approximate surface area is 119 Å². The van der Waals surface area contributed by atoms with Gasteiger partial charge in [-0.25, -0.2) is 4.52 Å². The van der Waals surface area contributed by atoms with Crippen LogP contribution in [-0.2, 0) is 9.31 Å². The van der Waals surface area contributed by atoms with E-state index in [2.05, 4.69) is 5.10 Å². The zero-order valence-electron chi connectivity index (χ0n) is 12.5. The minimum absolute atomic E-state index is 0.363. The third kappa shape index (κ3) is 1.91. The van der Waals surface area contributed by atoms with Crippen molar-refractivity contribution in [2.24, 2.45) is 0 Å². The molecular formula is C14H19BN2O3. The van der Waals surface area contributed by atoms with Crippen LogP contribution in [0.1, 0.15) is 27.7 Å². The van der Waals surface area contributed by atoms with Crippen molar-refractivity contribution in [1.82, 2.24) is 9.61 Å². The van der Waals surface area contributed by atoms with E-state index in [1.54, 1.807) is 17.8 Å². The van der Waals surface area contributed by atoms with Crippen molar-refractivity contribution in [1.29, 1.82) is 0 Å². The van der Waals surface area contributed by atoms with Gasteiger partial charge in [0.1, 0.15) is 5.75 Å². The second-order valence-corrected chi connectivity index (χ2v) is 6.08. The van der Waals surface area contributed by atoms with E-state index in [9.17, 15) is 0 Å². The van der Waals surface area contributed by atoms with E-state index in [0.717, 1.165) is 16.7 Å². The molecule has 0 atom stereocenters. The summed E-state index contributed by atoms with van der Waals surface area (Å²) in [4.78, 5) is 0. The molecule has 106 valence electrons. The molecule has 1 saturated heterocycles. The molecule has 2 aromatic heterocycles. The van der Waals surface area contributed by atoms with Crippen LogP contribution in [0, 0.1) is 0 Å². The van der Waals surface area contributed by atoms with Crippen molar-refractivity contribution in [2.45, 2.75) is 38.9 Å². The molecule has 5 nitrogen and oxygen atoms in total. The van der Waals surface area contributed by atoms with Gasteiger partial charge in [-0.05, 0) is 39.8 Å². The normalized spacial score (nSPS) is 20.6. The number of hydrogen-bond donors (Lipinski definition) is 0. The maximum absolute atomic E-state index is 6.11. The van der Waals surface area contributed by atoms with E-state index in [-0.39, 0.29) is 11.2 Å². The molecule has 0 amide bonds. The van der Waals surface area contributed by atoms with Crippen LogP contribution in [0.3, 0.4) is 0 Å². The van der Waals surface area contributed by atoms with Crippen molar-refractivity contribution < 1.29 is 14.0 Å². The molecular weight excluding hydrogens is 255 g/mol. The molecule has 0 bridgehead atoms. The smallest absolute Gasteiger partial charge is 0.495 e. The number of nitrogens with zero attached hydrogens (tertiary/aromatic N) is 2. The Morgan fingerprint density at radius 2 is 1.85 bits per heavy atom. The molecule has 1 fully saturated rings. The minimum Gasteiger partial charge on any atom is -0.495 e. The summed E-state index contributed by atoms with van der Waals surface area (Å²) < 4.78 is 19.3. The fourth-order valence-corrected chi connectivity index (χ4v) is 2.30. The first-order valence-electron chi connectivity index (χ1n) is 6.71. The SMILES string of the molecule is COc1cc(B2OC(C)(C)C(C)(C)O2)c2ccnn2c1. The van der Waals surface area contributed by atoms with Crippen LogP contribution in [0.5, 0.6) is 5.75 Å². The second-order valence-electron chi connectivity index (χ2n) is 6.08. The van der Waals surface area contributed by atoms with E-state index in [1.165, 1.54) is 0 Å². The summed E-state index contributed by atoms with van der Waals surface area (Å²) in [6, 6.07) is 3.89. The van der Waals surface area contributed by atoms with Crippen LogP contribution in [0.25, 0.3) is 5.52 Å². The average Bonchev–Trinajstić information content (AvgIpc) is 2.90. The molecule has 0 unspecified atom stereocenters. The molecule has 0 N–H and O–H groups in total. The van der Waals surface area contributed by atoms with Crippen molar-refractivity contribution in [3.8, 4) is 5.75 Å². The fourth-order valence-electron chi connectivity index (χ4n) is 2.30. The number of aromatic nitrogens is 2. The number of fused-ring (bicyclic) bond motifs is 1. The van der Waals surface area contributed by atoms with Crippen LogP contribution in [0.2, 0.25) is 0 Å². The highest BCUT2D eigenvalue weighted by Crippen LogP contribution is 2.36. The van der Waals surface area contributed by atoms with Crippen LogP contribution < -0.4 is 10.2 Å². The van der Waals surface area contributed by atoms with Crippen LogP contribution in [-0.4, -0.2) is 35.0 Å². The number of ether oxygens (including phenoxy) is 1. The monoisotopic (exact) mass is 274 g/mol. The van der Waals surface area contributed by atoms with E-state index in [1.807, 2.05) is 46.0 Å². The Morgan fingerprint density at radius 3 is 2.45 bits per heavy atom. The first-order valence-corrected chi connectivity index (χ1v) is 6.71. The van der Waals surface area contributed by atoms with E-state index >= 15 is 0 Å². The average molecular weight is 274 g/mol. The second kappa shape index (κ2) is 4.23. The predicted octanol–water partition coefficient (Wildman–Crippen LogP) is 1.64. The number of pyridine rings is 1. The Morgan fingerprint density at radius 1 is 1.20 bits per heavy atom. The van der Waals surface area contributed by atoms with Crippen molar-refractivity contribution in [2.75, 3.05) is 7.11 Å². The molecule has 0 radical (unpaired) electrons. The Bertz CT molecular complexity index is 635. The lowest BCUT2D eigenvalue weighted by Gasteiger charge is -2.32. The summed E-state index contributed by atoms with van der Waals surface area (Å²) in [5.41, 5.74) is 1.17. The molecule has 0 aromatic carbocycles. The summed E-state index contributed by atoms with van der Waals surface area (Å²) in [6.45, 7) is 8.17. The zero-order valence-corrected chi connectivity index (χ0v) is 12.5. The molecule has 0 aliphatic carbocycles. The summed E-state index contributed by atoms with van der Waals surface area (Å²) in [5.74, 6) is 0.728. The maximum Gasteiger partial charge on any atom is 0.497 e. The highest BCUT2D eigenvalue weighted by Gasteiger charge is 2.52. The van der Waals surface area contributed by atoms with Gasteiger partial charge in [-0.3, -0.25) is 0 Å². The number of methoxy groups -OCH3 is 1. The van der Waals surface area contributed by atoms with Gasteiger partial charge in [0.25, 0.3) is 0 Å². The van der Waals surface area contributed by atoms with Crippen LogP contribution in [0.4, 0.5) is 0 Å². The Kier molecular flexibility index (Phi) is 2.85. The fraction of sp³-hybridized carbons (Fsp3) is 0.500. The van der Waals surface area contributed by atoms with Crippen molar-refractivity contribution in [3.63, 3.8) is 0 Å². The van der Waals surface area contributed by atoms with Crippen molar-refractivity contribution >= 4 is 18.1 Å². The van der Waals surface area contributed by atoms with Gasteiger partial charge in [0.15, 0.2) is 0 Å². The summed E-state index contributed by atoms with van der Waals surface area (Å²) in [6.07, 6.45) is 3.59. The van der Waals surface area contributed by atoms with E-state index in [0.29, 0.717) is 0 Å². The van der Waals surface area contributed by atoms with Gasteiger partial charge in [-0.1, -0.05) is 0 Å². The lowest BCUT2D eigenvalue weighted by Crippen LogP contribution is -2.41. The summed E-state index contributed by atoms with van der Waals surface area (Å²) >= 11 is 0. The van der Waals surface area contributed by atoms with Gasteiger partial charge in [-0.2, -0.15) is 5.10 Å². The molecule has 2 aromatic rings. The quantitative estimate of drug-likeness (QED) is 0.781. The molecule has 20 heavy (non-hydrogen) atoms. The molecule has 1 aliphatic rings. The lowest BCUT2D eigenvalue weighted by molar-refractivity contribution is 0.00578. The predicted molar refractivity (Wildman–Crippen MR) is 77.5 cm³/mol. The molecule has 6 heteroatoms. The maximum atomic E-state index is 6.11. The van der Waals surface area contributed by atoms with Gasteiger partial charge >= 0.3 is 7.12 Å². The van der Waals surface area contributed by atoms with E-state index in [4.69, 9.17) is 14.0 Å². The molecule has 0 saturated carbocycles. The van der Waals surface area contributed by atoms with Gasteiger partial charge in [0.2, 0.25) is 0 Å². The van der Waals surface area contributed by atoms with Crippen LogP contribution >= 0.6 is 0 Å². The third-order valence-electron chi connectivity index (χ3n) is 4.26. The molecule has 1 aliphatic heterocycles.